The Morgan fingerprint density at radius 2 is 2.08 bits per heavy atom. The van der Waals surface area contributed by atoms with E-state index >= 15 is 0 Å². The second kappa shape index (κ2) is 7.44. The van der Waals surface area contributed by atoms with Gasteiger partial charge >= 0.3 is 0 Å². The molecule has 2 aromatic rings. The number of fused-ring (bicyclic) bond motifs is 1. The van der Waals surface area contributed by atoms with E-state index < -0.39 is 11.2 Å². The molecule has 10 heteroatoms. The number of nitrogens with zero attached hydrogens (tertiary/aromatic N) is 4. The van der Waals surface area contributed by atoms with Crippen molar-refractivity contribution in [2.45, 2.75) is 33.1 Å². The van der Waals surface area contributed by atoms with Crippen LogP contribution in [0.15, 0.2) is 12.5 Å². The van der Waals surface area contributed by atoms with Crippen LogP contribution in [0, 0.1) is 28.4 Å². The third-order valence-electron chi connectivity index (χ3n) is 4.74. The van der Waals surface area contributed by atoms with Gasteiger partial charge in [0.05, 0.1) is 11.1 Å². The molecule has 0 amide bonds. The third-order valence-corrected chi connectivity index (χ3v) is 4.74. The van der Waals surface area contributed by atoms with Crippen molar-refractivity contribution in [1.82, 2.24) is 14.5 Å². The van der Waals surface area contributed by atoms with Crippen LogP contribution in [0.1, 0.15) is 27.0 Å². The van der Waals surface area contributed by atoms with Gasteiger partial charge in [0.1, 0.15) is 23.8 Å². The van der Waals surface area contributed by atoms with E-state index in [1.165, 1.54) is 12.5 Å². The molecule has 1 fully saturated rings. The van der Waals surface area contributed by atoms with E-state index in [-0.39, 0.29) is 88.1 Å². The zero-order valence-electron chi connectivity index (χ0n) is 13.7. The second-order valence-corrected chi connectivity index (χ2v) is 6.27. The molecule has 1 aliphatic heterocycles. The summed E-state index contributed by atoms with van der Waals surface area (Å²) >= 11 is 0. The predicted octanol–water partition coefficient (Wildman–Crippen LogP) is 2.31. The van der Waals surface area contributed by atoms with Crippen molar-refractivity contribution in [3.63, 3.8) is 0 Å². The van der Waals surface area contributed by atoms with Crippen LogP contribution < -0.4 is 5.73 Å². The second-order valence-electron chi connectivity index (χ2n) is 6.27. The molecule has 3 rings (SSSR count). The van der Waals surface area contributed by atoms with Crippen molar-refractivity contribution >= 4 is 22.5 Å². The minimum Gasteiger partial charge on any atom is -0.386 e. The summed E-state index contributed by atoms with van der Waals surface area (Å²) in [5, 5.41) is 11.6. The van der Waals surface area contributed by atoms with Crippen LogP contribution in [-0.4, -0.2) is 25.6 Å². The summed E-state index contributed by atoms with van der Waals surface area (Å²) in [6, 6.07) is 0. The smallest absolute Gasteiger partial charge is 0.300 e. The van der Waals surface area contributed by atoms with Crippen molar-refractivity contribution < 1.29 is 63.4 Å². The van der Waals surface area contributed by atoms with Gasteiger partial charge in [0.2, 0.25) is 0 Å². The fourth-order valence-electron chi connectivity index (χ4n) is 2.99. The molecule has 1 saturated heterocycles. The number of nitrogens with two attached hydrogens (primary N) is 1. The van der Waals surface area contributed by atoms with Crippen molar-refractivity contribution in [1.29, 1.82) is 0 Å². The monoisotopic (exact) mass is 577 g/mol. The van der Waals surface area contributed by atoms with Crippen LogP contribution in [0.25, 0.3) is 11.0 Å². The molecular formula is C14H18N5O3WY-. The molecule has 0 bridgehead atoms. The maximum Gasteiger partial charge on any atom is 0.300 e. The molecule has 8 nitrogen and oxygen atoms in total. The summed E-state index contributed by atoms with van der Waals surface area (Å²) in [4.78, 5) is 18.9. The third kappa shape index (κ3) is 3.18. The SMILES string of the molecule is [CH2-]C1O[C@@H](n2cc([N+](=O)[O-])c3c(N)ncnc32)C(C)(C)C1C.[W].[Y]. The fraction of sp³-hybridized carbons (Fsp3) is 0.500. The number of nitro groups is 1. The maximum absolute atomic E-state index is 11.3. The van der Waals surface area contributed by atoms with Gasteiger partial charge in [-0.15, -0.1) is 0 Å². The fourth-order valence-corrected chi connectivity index (χ4v) is 2.99. The first-order chi connectivity index (χ1) is 10.2. The van der Waals surface area contributed by atoms with Gasteiger partial charge < -0.3 is 17.4 Å². The van der Waals surface area contributed by atoms with E-state index in [0.717, 1.165) is 0 Å². The van der Waals surface area contributed by atoms with Crippen LogP contribution >= 0.6 is 0 Å². The summed E-state index contributed by atoms with van der Waals surface area (Å²) in [5.74, 6) is 0.277. The van der Waals surface area contributed by atoms with E-state index in [1.54, 1.807) is 4.57 Å². The molecule has 0 saturated carbocycles. The molecule has 2 N–H and O–H groups in total. The molecule has 1 aliphatic rings. The molecule has 0 aliphatic carbocycles. The zero-order valence-corrected chi connectivity index (χ0v) is 19.4. The molecule has 1 radical (unpaired) electrons. The minimum absolute atomic E-state index is 0. The summed E-state index contributed by atoms with van der Waals surface area (Å²) in [6.07, 6.45) is 2.11. The van der Waals surface area contributed by atoms with Crippen molar-refractivity contribution in [2.24, 2.45) is 11.3 Å². The molecule has 0 spiro atoms. The first-order valence-electron chi connectivity index (χ1n) is 6.99. The average molecular weight is 577 g/mol. The number of nitrogen functional groups attached to an aromatic ring is 1. The Hall–Kier alpha value is -0.428. The molecule has 24 heavy (non-hydrogen) atoms. The van der Waals surface area contributed by atoms with Gasteiger partial charge in [-0.25, -0.2) is 9.97 Å². The topological polar surface area (TPSA) is 109 Å². The van der Waals surface area contributed by atoms with E-state index in [2.05, 4.69) is 37.7 Å². The van der Waals surface area contributed by atoms with Gasteiger partial charge in [0.25, 0.3) is 5.69 Å². The zero-order chi connectivity index (χ0) is 16.2. The number of hydrogen-bond acceptors (Lipinski definition) is 6. The molecular weight excluding hydrogens is 559 g/mol. The Morgan fingerprint density at radius 3 is 2.58 bits per heavy atom. The van der Waals surface area contributed by atoms with Crippen molar-refractivity contribution in [2.75, 3.05) is 5.73 Å². The van der Waals surface area contributed by atoms with Crippen LogP contribution in [0.2, 0.25) is 0 Å². The Morgan fingerprint density at radius 1 is 1.46 bits per heavy atom. The normalized spacial score (nSPS) is 25.1. The molecule has 3 heterocycles. The number of aromatic nitrogens is 3. The Labute approximate surface area is 179 Å². The number of hydrogen-bond donors (Lipinski definition) is 1. The van der Waals surface area contributed by atoms with Crippen LogP contribution in [0.5, 0.6) is 0 Å². The van der Waals surface area contributed by atoms with E-state index in [1.807, 2.05) is 0 Å². The molecule has 2 unspecified atom stereocenters. The Balaban J connectivity index is 0.00000144. The van der Waals surface area contributed by atoms with Crippen LogP contribution in [-0.2, 0) is 58.5 Å². The van der Waals surface area contributed by atoms with Crippen LogP contribution in [0.4, 0.5) is 11.5 Å². The van der Waals surface area contributed by atoms with Gasteiger partial charge in [-0.3, -0.25) is 14.7 Å². The van der Waals surface area contributed by atoms with Gasteiger partial charge in [-0.1, -0.05) is 26.9 Å². The number of rotatable bonds is 2. The standard InChI is InChI=1S/C14H18N5O3.W.Y/c1-7-8(2)22-13(14(7,3)4)18-5-9(19(20)21)10-11(15)16-6-17-12(10)18;;/h5-8,13H,2H2,1,3-4H3,(H2,15,16,17);;/q-1;;/t7?,8?,13-;;/m1../s1. The first kappa shape index (κ1) is 21.6. The van der Waals surface area contributed by atoms with E-state index in [0.29, 0.717) is 5.65 Å². The van der Waals surface area contributed by atoms with E-state index in [9.17, 15) is 10.1 Å². The summed E-state index contributed by atoms with van der Waals surface area (Å²) in [7, 11) is 0. The van der Waals surface area contributed by atoms with Gasteiger partial charge in [0.15, 0.2) is 5.65 Å². The average Bonchev–Trinajstić information content (AvgIpc) is 2.92. The van der Waals surface area contributed by atoms with Crippen molar-refractivity contribution in [3.8, 4) is 0 Å². The molecule has 0 aromatic carbocycles. The maximum atomic E-state index is 11.3. The van der Waals surface area contributed by atoms with Crippen molar-refractivity contribution in [3.05, 3.63) is 29.6 Å². The summed E-state index contributed by atoms with van der Waals surface area (Å²) < 4.78 is 7.62. The molecule has 127 valence electrons. The minimum atomic E-state index is -0.481. The largest absolute Gasteiger partial charge is 0.386 e. The van der Waals surface area contributed by atoms with Gasteiger partial charge in [0, 0.05) is 59.2 Å². The van der Waals surface area contributed by atoms with Gasteiger partial charge in [-0.2, -0.15) is 0 Å². The predicted molar refractivity (Wildman–Crippen MR) is 80.8 cm³/mol. The van der Waals surface area contributed by atoms with Crippen LogP contribution in [0.3, 0.4) is 0 Å². The molecule has 2 aromatic heterocycles. The Bertz CT molecular complexity index is 766. The van der Waals surface area contributed by atoms with E-state index in [4.69, 9.17) is 10.5 Å². The van der Waals surface area contributed by atoms with Gasteiger partial charge in [-0.05, 0) is 5.92 Å². The first-order valence-corrected chi connectivity index (χ1v) is 6.99. The molecule has 3 atom stereocenters. The number of anilines is 1. The quantitative estimate of drug-likeness (QED) is 0.334. The number of ether oxygens (including phenoxy) is 1. The Kier molecular flexibility index (Phi) is 6.70. The summed E-state index contributed by atoms with van der Waals surface area (Å²) in [5.41, 5.74) is 5.83. The summed E-state index contributed by atoms with van der Waals surface area (Å²) in [6.45, 7) is 10.2.